The van der Waals surface area contributed by atoms with Crippen LogP contribution < -0.4 is 10.1 Å². The second-order valence-electron chi connectivity index (χ2n) is 10.9. The van der Waals surface area contributed by atoms with Gasteiger partial charge in [-0.25, -0.2) is 13.8 Å². The Hall–Kier alpha value is -4.16. The molecule has 0 radical (unpaired) electrons. The third-order valence-electron chi connectivity index (χ3n) is 7.40. The molecule has 4 aromatic rings. The van der Waals surface area contributed by atoms with Crippen LogP contribution in [-0.4, -0.2) is 41.2 Å². The summed E-state index contributed by atoms with van der Waals surface area (Å²) < 4.78 is 80.6. The zero-order chi connectivity index (χ0) is 31.2. The van der Waals surface area contributed by atoms with Gasteiger partial charge in [-0.2, -0.15) is 13.2 Å². The van der Waals surface area contributed by atoms with Crippen molar-refractivity contribution in [2.24, 2.45) is 0 Å². The second kappa shape index (κ2) is 11.2. The van der Waals surface area contributed by atoms with Crippen LogP contribution >= 0.6 is 0 Å². The molecule has 1 saturated heterocycles. The average Bonchev–Trinajstić information content (AvgIpc) is 3.44. The molecule has 7 nitrogen and oxygen atoms in total. The largest absolute Gasteiger partial charge is 0.494 e. The van der Waals surface area contributed by atoms with Crippen LogP contribution in [0.3, 0.4) is 0 Å². The number of amides is 1. The number of methoxy groups -OCH3 is 1. The van der Waals surface area contributed by atoms with Gasteiger partial charge in [-0.15, -0.1) is 0 Å². The number of fused-ring (bicyclic) bond motifs is 1. The van der Waals surface area contributed by atoms with Crippen LogP contribution in [0.5, 0.6) is 5.75 Å². The standard InChI is InChI=1S/C31H28F5N3O4/c1-29(2,41)22-14-24(39-27(25(22)33)17-5-7-21(32)8-6-17)30(9-4-10-43-30)16-38-28(40)19-11-18-12-20(31(34,35)36)15-37-26(18)23(13-19)42-3/h5-8,11-15,41H,4,9-10,16H2,1-3H3,(H,38,40). The molecule has 1 atom stereocenters. The minimum absolute atomic E-state index is 0.0230. The van der Waals surface area contributed by atoms with E-state index in [0.717, 1.165) is 6.07 Å². The third kappa shape index (κ3) is 6.02. The van der Waals surface area contributed by atoms with Gasteiger partial charge in [0.15, 0.2) is 5.82 Å². The van der Waals surface area contributed by atoms with Crippen molar-refractivity contribution in [2.75, 3.05) is 20.3 Å². The number of aliphatic hydroxyl groups is 1. The molecule has 0 aliphatic carbocycles. The van der Waals surface area contributed by atoms with Gasteiger partial charge in [0.1, 0.15) is 28.4 Å². The molecule has 0 spiro atoms. The second-order valence-corrected chi connectivity index (χ2v) is 10.9. The van der Waals surface area contributed by atoms with Gasteiger partial charge in [-0.3, -0.25) is 9.78 Å². The predicted molar refractivity (Wildman–Crippen MR) is 147 cm³/mol. The van der Waals surface area contributed by atoms with Gasteiger partial charge >= 0.3 is 6.18 Å². The summed E-state index contributed by atoms with van der Waals surface area (Å²) in [5, 5.41) is 13.6. The van der Waals surface area contributed by atoms with Crippen LogP contribution in [0.15, 0.2) is 54.7 Å². The van der Waals surface area contributed by atoms with Crippen molar-refractivity contribution in [1.82, 2.24) is 15.3 Å². The number of pyridine rings is 2. The number of nitrogens with zero attached hydrogens (tertiary/aromatic N) is 2. The minimum atomic E-state index is -4.63. The number of rotatable bonds is 7. The Morgan fingerprint density at radius 2 is 1.84 bits per heavy atom. The van der Waals surface area contributed by atoms with Crippen molar-refractivity contribution in [3.8, 4) is 17.0 Å². The van der Waals surface area contributed by atoms with Crippen molar-refractivity contribution in [3.63, 3.8) is 0 Å². The summed E-state index contributed by atoms with van der Waals surface area (Å²) in [4.78, 5) is 21.8. The van der Waals surface area contributed by atoms with Crippen LogP contribution in [0.2, 0.25) is 0 Å². The van der Waals surface area contributed by atoms with Gasteiger partial charge < -0.3 is 19.9 Å². The number of hydrogen-bond donors (Lipinski definition) is 2. The van der Waals surface area contributed by atoms with Gasteiger partial charge in [0.2, 0.25) is 0 Å². The minimum Gasteiger partial charge on any atom is -0.494 e. The number of nitrogens with one attached hydrogen (secondary N) is 1. The van der Waals surface area contributed by atoms with E-state index in [4.69, 9.17) is 9.47 Å². The molecule has 5 rings (SSSR count). The van der Waals surface area contributed by atoms with Gasteiger partial charge in [-0.1, -0.05) is 0 Å². The molecular formula is C31H28F5N3O4. The van der Waals surface area contributed by atoms with Gasteiger partial charge in [-0.05, 0) is 75.2 Å². The van der Waals surface area contributed by atoms with Crippen molar-refractivity contribution in [1.29, 1.82) is 0 Å². The molecule has 0 saturated carbocycles. The van der Waals surface area contributed by atoms with E-state index in [9.17, 15) is 27.5 Å². The third-order valence-corrected chi connectivity index (χ3v) is 7.40. The maximum Gasteiger partial charge on any atom is 0.417 e. The average molecular weight is 602 g/mol. The summed E-state index contributed by atoms with van der Waals surface area (Å²) in [6.45, 7) is 3.02. The Bertz CT molecular complexity index is 1680. The lowest BCUT2D eigenvalue weighted by atomic mass is 9.89. The van der Waals surface area contributed by atoms with Crippen LogP contribution in [0.25, 0.3) is 22.2 Å². The van der Waals surface area contributed by atoms with Crippen molar-refractivity contribution in [2.45, 2.75) is 44.1 Å². The van der Waals surface area contributed by atoms with E-state index in [1.165, 1.54) is 63.4 Å². The van der Waals surface area contributed by atoms with E-state index in [2.05, 4.69) is 15.3 Å². The number of aromatic nitrogens is 2. The predicted octanol–water partition coefficient (Wildman–Crippen LogP) is 6.27. The van der Waals surface area contributed by atoms with Crippen LogP contribution in [0, 0.1) is 11.6 Å². The van der Waals surface area contributed by atoms with E-state index in [1.807, 2.05) is 0 Å². The molecule has 1 unspecified atom stereocenters. The monoisotopic (exact) mass is 601 g/mol. The lowest BCUT2D eigenvalue weighted by Crippen LogP contribution is -2.41. The van der Waals surface area contributed by atoms with Gasteiger partial charge in [0, 0.05) is 34.9 Å². The summed E-state index contributed by atoms with van der Waals surface area (Å²) in [7, 11) is 1.32. The lowest BCUT2D eigenvalue weighted by molar-refractivity contribution is -0.137. The molecule has 3 heterocycles. The van der Waals surface area contributed by atoms with Crippen LogP contribution in [0.1, 0.15) is 53.9 Å². The number of alkyl halides is 3. The highest BCUT2D eigenvalue weighted by atomic mass is 19.4. The Labute approximate surface area is 243 Å². The van der Waals surface area contributed by atoms with Crippen LogP contribution in [-0.2, 0) is 22.1 Å². The van der Waals surface area contributed by atoms with E-state index in [-0.39, 0.29) is 51.3 Å². The number of carbonyl (C=O) groups is 1. The molecule has 0 bridgehead atoms. The van der Waals surface area contributed by atoms with E-state index in [0.29, 0.717) is 25.6 Å². The van der Waals surface area contributed by atoms with Crippen LogP contribution in [0.4, 0.5) is 22.0 Å². The van der Waals surface area contributed by atoms with E-state index < -0.39 is 40.5 Å². The van der Waals surface area contributed by atoms with Gasteiger partial charge in [0.05, 0.1) is 30.5 Å². The molecule has 1 aliphatic heterocycles. The summed E-state index contributed by atoms with van der Waals surface area (Å²) in [5.74, 6) is -1.81. The number of halogens is 5. The smallest absolute Gasteiger partial charge is 0.417 e. The number of benzene rings is 2. The molecule has 226 valence electrons. The van der Waals surface area contributed by atoms with E-state index >= 15 is 4.39 Å². The maximum absolute atomic E-state index is 15.7. The molecule has 1 fully saturated rings. The first-order valence-corrected chi connectivity index (χ1v) is 13.4. The summed E-state index contributed by atoms with van der Waals surface area (Å²) in [6, 6.07) is 10.0. The molecule has 2 aromatic heterocycles. The lowest BCUT2D eigenvalue weighted by Gasteiger charge is -2.31. The molecule has 12 heteroatoms. The van der Waals surface area contributed by atoms with Gasteiger partial charge in [0.25, 0.3) is 5.91 Å². The first-order chi connectivity index (χ1) is 20.2. The molecule has 1 amide bonds. The fraction of sp³-hybridized carbons (Fsp3) is 0.323. The Morgan fingerprint density at radius 3 is 2.44 bits per heavy atom. The number of hydrogen-bond acceptors (Lipinski definition) is 6. The zero-order valence-electron chi connectivity index (χ0n) is 23.5. The van der Waals surface area contributed by atoms with Crippen molar-refractivity contribution in [3.05, 3.63) is 88.7 Å². The molecule has 2 N–H and O–H groups in total. The number of ether oxygens (including phenoxy) is 2. The first kappa shape index (κ1) is 30.3. The number of carbonyl (C=O) groups excluding carboxylic acids is 1. The summed E-state index contributed by atoms with van der Waals surface area (Å²) in [6.07, 6.45) is -2.95. The highest BCUT2D eigenvalue weighted by Crippen LogP contribution is 2.40. The fourth-order valence-electron chi connectivity index (χ4n) is 5.12. The highest BCUT2D eigenvalue weighted by molar-refractivity contribution is 6.00. The Kier molecular flexibility index (Phi) is 7.86. The Morgan fingerprint density at radius 1 is 1.12 bits per heavy atom. The molecular weight excluding hydrogens is 573 g/mol. The van der Waals surface area contributed by atoms with Crippen molar-refractivity contribution < 1.29 is 41.3 Å². The normalized spacial score (nSPS) is 17.3. The maximum atomic E-state index is 15.7. The summed E-state index contributed by atoms with van der Waals surface area (Å²) in [5.41, 5.74) is -3.29. The van der Waals surface area contributed by atoms with E-state index in [1.54, 1.807) is 0 Å². The fourth-order valence-corrected chi connectivity index (χ4v) is 5.12. The van der Waals surface area contributed by atoms with Crippen molar-refractivity contribution >= 4 is 16.8 Å². The molecule has 43 heavy (non-hydrogen) atoms. The quantitative estimate of drug-likeness (QED) is 0.243. The molecule has 1 aliphatic rings. The molecule has 2 aromatic carbocycles. The summed E-state index contributed by atoms with van der Waals surface area (Å²) >= 11 is 0. The topological polar surface area (TPSA) is 93.6 Å². The first-order valence-electron chi connectivity index (χ1n) is 13.4. The highest BCUT2D eigenvalue weighted by Gasteiger charge is 2.41. The zero-order valence-corrected chi connectivity index (χ0v) is 23.5. The Balaban J connectivity index is 1.52. The SMILES string of the molecule is COc1cc(C(=O)NCC2(c3cc(C(C)(C)O)c(F)c(-c4ccc(F)cc4)n3)CCCO2)cc2cc(C(F)(F)F)cnc12.